The van der Waals surface area contributed by atoms with Gasteiger partial charge in [0.25, 0.3) is 0 Å². The molecule has 0 saturated heterocycles. The fraction of sp³-hybridized carbons (Fsp3) is 0.455. The number of hydrogen-bond donors (Lipinski definition) is 2. The van der Waals surface area contributed by atoms with E-state index in [1.54, 1.807) is 12.1 Å². The largest absolute Gasteiger partial charge is 0.492 e. The van der Waals surface area contributed by atoms with Gasteiger partial charge in [-0.05, 0) is 12.1 Å². The van der Waals surface area contributed by atoms with Gasteiger partial charge in [0.15, 0.2) is 0 Å². The summed E-state index contributed by atoms with van der Waals surface area (Å²) in [6.45, 7) is 0.786. The van der Waals surface area contributed by atoms with Crippen molar-refractivity contribution in [1.29, 1.82) is 0 Å². The quantitative estimate of drug-likeness (QED) is 0.883. The highest BCUT2D eigenvalue weighted by Crippen LogP contribution is 2.39. The number of nitrogens with one attached hydrogen (secondary N) is 1. The molecule has 1 aromatic carbocycles. The molecule has 2 rings (SSSR count). The molecular weight excluding hydrogens is 311 g/mol. The zero-order valence-corrected chi connectivity index (χ0v) is 12.4. The number of nitrogens with two attached hydrogens (primary N) is 1. The van der Waals surface area contributed by atoms with Crippen molar-refractivity contribution in [1.82, 2.24) is 5.32 Å². The minimum absolute atomic E-state index is 0.0401. The van der Waals surface area contributed by atoms with Crippen LogP contribution in [0, 0.1) is 0 Å². The minimum atomic E-state index is -3.46. The first-order valence-corrected chi connectivity index (χ1v) is 8.19. The van der Waals surface area contributed by atoms with E-state index >= 15 is 0 Å². The number of halogens is 2. The van der Waals surface area contributed by atoms with Crippen LogP contribution in [0.3, 0.4) is 0 Å². The second-order valence-electron chi connectivity index (χ2n) is 4.32. The van der Waals surface area contributed by atoms with E-state index in [9.17, 15) is 8.42 Å². The molecule has 0 aromatic heterocycles. The summed E-state index contributed by atoms with van der Waals surface area (Å²) in [5, 5.41) is 9.07. The fourth-order valence-corrected chi connectivity index (χ4v) is 2.98. The Morgan fingerprint density at radius 1 is 1.42 bits per heavy atom. The molecule has 106 valence electrons. The molecule has 1 aliphatic heterocycles. The number of ether oxygens (including phenoxy) is 1. The summed E-state index contributed by atoms with van der Waals surface area (Å²) in [5.41, 5.74) is 0.846. The van der Waals surface area contributed by atoms with Crippen LogP contribution in [0.25, 0.3) is 0 Å². The molecule has 19 heavy (non-hydrogen) atoms. The van der Waals surface area contributed by atoms with Crippen molar-refractivity contribution in [2.75, 3.05) is 18.9 Å². The van der Waals surface area contributed by atoms with Gasteiger partial charge < -0.3 is 10.1 Å². The summed E-state index contributed by atoms with van der Waals surface area (Å²) in [4.78, 5) is 0. The molecule has 0 aliphatic carbocycles. The fourth-order valence-electron chi connectivity index (χ4n) is 2.01. The third kappa shape index (κ3) is 3.97. The standard InChI is InChI=1S/C11H14Cl2N2O3S/c12-7-5-8-10(15-2-4-19(14,16)17)1-3-18-11(8)9(13)6-7/h5-6,10,15H,1-4H2,(H2,14,16,17). The van der Waals surface area contributed by atoms with Crippen molar-refractivity contribution < 1.29 is 13.2 Å². The predicted octanol–water partition coefficient (Wildman–Crippen LogP) is 1.70. The Hall–Kier alpha value is -0.530. The molecule has 3 N–H and O–H groups in total. The first-order valence-electron chi connectivity index (χ1n) is 5.72. The number of primary sulfonamides is 1. The van der Waals surface area contributed by atoms with Crippen LogP contribution >= 0.6 is 23.2 Å². The van der Waals surface area contributed by atoms with E-state index in [0.29, 0.717) is 28.8 Å². The lowest BCUT2D eigenvalue weighted by atomic mass is 10.0. The van der Waals surface area contributed by atoms with E-state index in [1.165, 1.54) is 0 Å². The van der Waals surface area contributed by atoms with Crippen LogP contribution in [0.1, 0.15) is 18.0 Å². The van der Waals surface area contributed by atoms with E-state index in [4.69, 9.17) is 33.1 Å². The first-order chi connectivity index (χ1) is 8.87. The molecule has 1 unspecified atom stereocenters. The van der Waals surface area contributed by atoms with Gasteiger partial charge in [-0.15, -0.1) is 0 Å². The van der Waals surface area contributed by atoms with Crippen LogP contribution in [0.2, 0.25) is 10.0 Å². The molecule has 5 nitrogen and oxygen atoms in total. The Kier molecular flexibility index (Phi) is 4.58. The monoisotopic (exact) mass is 324 g/mol. The predicted molar refractivity (Wildman–Crippen MR) is 75.3 cm³/mol. The molecule has 8 heteroatoms. The maximum Gasteiger partial charge on any atom is 0.210 e. The SMILES string of the molecule is NS(=O)(=O)CCNC1CCOc2c(Cl)cc(Cl)cc21. The highest BCUT2D eigenvalue weighted by Gasteiger charge is 2.24. The first kappa shape index (κ1) is 14.9. The summed E-state index contributed by atoms with van der Waals surface area (Å²) < 4.78 is 27.3. The molecule has 1 aromatic rings. The molecule has 1 heterocycles. The molecular formula is C11H14Cl2N2O3S. The van der Waals surface area contributed by atoms with Gasteiger partial charge in [0.05, 0.1) is 17.4 Å². The van der Waals surface area contributed by atoms with Gasteiger partial charge in [0.2, 0.25) is 10.0 Å². The van der Waals surface area contributed by atoms with E-state index in [-0.39, 0.29) is 18.3 Å². The van der Waals surface area contributed by atoms with Crippen molar-refractivity contribution in [3.63, 3.8) is 0 Å². The number of sulfonamides is 1. The summed E-state index contributed by atoms with van der Waals surface area (Å²) in [7, 11) is -3.46. The molecule has 0 spiro atoms. The van der Waals surface area contributed by atoms with Gasteiger partial charge in [-0.1, -0.05) is 23.2 Å². The summed E-state index contributed by atoms with van der Waals surface area (Å²) >= 11 is 12.0. The molecule has 0 saturated carbocycles. The van der Waals surface area contributed by atoms with Crippen LogP contribution in [0.15, 0.2) is 12.1 Å². The van der Waals surface area contributed by atoms with Crippen molar-refractivity contribution in [3.05, 3.63) is 27.7 Å². The number of rotatable bonds is 4. The number of hydrogen-bond acceptors (Lipinski definition) is 4. The second kappa shape index (κ2) is 5.85. The third-order valence-corrected chi connectivity index (χ3v) is 4.11. The van der Waals surface area contributed by atoms with Crippen LogP contribution in [0.4, 0.5) is 0 Å². The highest BCUT2D eigenvalue weighted by atomic mass is 35.5. The summed E-state index contributed by atoms with van der Waals surface area (Å²) in [5.74, 6) is 0.485. The van der Waals surface area contributed by atoms with Gasteiger partial charge in [-0.3, -0.25) is 0 Å². The summed E-state index contributed by atoms with van der Waals surface area (Å²) in [6, 6.07) is 3.35. The Morgan fingerprint density at radius 2 is 2.16 bits per heavy atom. The van der Waals surface area contributed by atoms with Crippen LogP contribution in [-0.2, 0) is 10.0 Å². The molecule has 0 fully saturated rings. The Bertz CT molecular complexity index is 578. The van der Waals surface area contributed by atoms with Gasteiger partial charge >= 0.3 is 0 Å². The van der Waals surface area contributed by atoms with Crippen LogP contribution < -0.4 is 15.2 Å². The lowest BCUT2D eigenvalue weighted by molar-refractivity contribution is 0.254. The average molecular weight is 325 g/mol. The zero-order valence-electron chi connectivity index (χ0n) is 10.0. The maximum atomic E-state index is 10.9. The number of benzene rings is 1. The second-order valence-corrected chi connectivity index (χ2v) is 6.89. The maximum absolute atomic E-state index is 10.9. The van der Waals surface area contributed by atoms with Crippen molar-refractivity contribution in [2.24, 2.45) is 5.14 Å². The number of fused-ring (bicyclic) bond motifs is 1. The van der Waals surface area contributed by atoms with Crippen molar-refractivity contribution in [2.45, 2.75) is 12.5 Å². The van der Waals surface area contributed by atoms with Gasteiger partial charge in [-0.2, -0.15) is 0 Å². The van der Waals surface area contributed by atoms with E-state index in [2.05, 4.69) is 5.32 Å². The Balaban J connectivity index is 2.13. The average Bonchev–Trinajstić information content (AvgIpc) is 2.28. The Morgan fingerprint density at radius 3 is 2.84 bits per heavy atom. The lowest BCUT2D eigenvalue weighted by Crippen LogP contribution is -2.32. The third-order valence-electron chi connectivity index (χ3n) is 2.84. The lowest BCUT2D eigenvalue weighted by Gasteiger charge is -2.27. The zero-order chi connectivity index (χ0) is 14.0. The van der Waals surface area contributed by atoms with Crippen molar-refractivity contribution in [3.8, 4) is 5.75 Å². The van der Waals surface area contributed by atoms with E-state index < -0.39 is 10.0 Å². The van der Waals surface area contributed by atoms with E-state index in [0.717, 1.165) is 5.56 Å². The van der Waals surface area contributed by atoms with Crippen LogP contribution in [-0.4, -0.2) is 27.3 Å². The molecule has 1 atom stereocenters. The molecule has 1 aliphatic rings. The molecule has 0 bridgehead atoms. The highest BCUT2D eigenvalue weighted by molar-refractivity contribution is 7.89. The minimum Gasteiger partial charge on any atom is -0.492 e. The van der Waals surface area contributed by atoms with Crippen molar-refractivity contribution >= 4 is 33.2 Å². The van der Waals surface area contributed by atoms with E-state index in [1.807, 2.05) is 0 Å². The van der Waals surface area contributed by atoms with Gasteiger partial charge in [-0.25, -0.2) is 13.6 Å². The molecule has 0 amide bonds. The van der Waals surface area contributed by atoms with Gasteiger partial charge in [0.1, 0.15) is 5.75 Å². The van der Waals surface area contributed by atoms with Gasteiger partial charge in [0, 0.05) is 29.6 Å². The Labute approximate surface area is 122 Å². The topological polar surface area (TPSA) is 81.4 Å². The summed E-state index contributed by atoms with van der Waals surface area (Å²) in [6.07, 6.45) is 0.717. The normalized spacial score (nSPS) is 18.8. The molecule has 0 radical (unpaired) electrons. The smallest absolute Gasteiger partial charge is 0.210 e. The van der Waals surface area contributed by atoms with Crippen LogP contribution in [0.5, 0.6) is 5.75 Å².